The zero-order valence-corrected chi connectivity index (χ0v) is 13.7. The van der Waals surface area contributed by atoms with Gasteiger partial charge in [-0.05, 0) is 50.3 Å². The number of amides is 1. The highest BCUT2D eigenvalue weighted by Crippen LogP contribution is 2.21. The van der Waals surface area contributed by atoms with Crippen molar-refractivity contribution in [2.75, 3.05) is 6.54 Å². The molecule has 0 spiro atoms. The second-order valence-corrected chi connectivity index (χ2v) is 6.21. The maximum Gasteiger partial charge on any atom is 0.289 e. The minimum atomic E-state index is -0.0622. The van der Waals surface area contributed by atoms with Gasteiger partial charge in [0.05, 0.1) is 18.5 Å². The largest absolute Gasteiger partial charge is 0.459 e. The maximum atomic E-state index is 12.8. The fraction of sp³-hybridized carbons (Fsp3) is 0.444. The Morgan fingerprint density at radius 3 is 2.96 bits per heavy atom. The Labute approximate surface area is 136 Å². The Balaban J connectivity index is 1.77. The van der Waals surface area contributed by atoms with E-state index in [4.69, 9.17) is 4.42 Å². The Morgan fingerprint density at radius 1 is 1.48 bits per heavy atom. The van der Waals surface area contributed by atoms with Crippen LogP contribution >= 0.6 is 0 Å². The summed E-state index contributed by atoms with van der Waals surface area (Å²) in [5, 5.41) is 4.49. The van der Waals surface area contributed by atoms with Crippen molar-refractivity contribution in [3.8, 4) is 0 Å². The molecule has 0 radical (unpaired) electrons. The smallest absolute Gasteiger partial charge is 0.289 e. The highest BCUT2D eigenvalue weighted by molar-refractivity contribution is 5.91. The van der Waals surface area contributed by atoms with E-state index in [9.17, 15) is 4.79 Å². The van der Waals surface area contributed by atoms with Crippen molar-refractivity contribution >= 4 is 5.91 Å². The van der Waals surface area contributed by atoms with E-state index in [1.165, 1.54) is 0 Å². The van der Waals surface area contributed by atoms with Crippen LogP contribution in [0.1, 0.15) is 41.2 Å². The Bertz CT molecular complexity index is 666. The van der Waals surface area contributed by atoms with E-state index in [0.717, 1.165) is 37.2 Å². The zero-order chi connectivity index (χ0) is 16.2. The summed E-state index contributed by atoms with van der Waals surface area (Å²) in [5.41, 5.74) is 2.00. The maximum absolute atomic E-state index is 12.8. The van der Waals surface area contributed by atoms with Crippen molar-refractivity contribution in [1.29, 1.82) is 0 Å². The van der Waals surface area contributed by atoms with Crippen LogP contribution in [0.4, 0.5) is 0 Å². The first kappa shape index (κ1) is 15.6. The molecule has 5 heteroatoms. The molecule has 0 unspecified atom stereocenters. The average molecular weight is 313 g/mol. The minimum absolute atomic E-state index is 0.0622. The van der Waals surface area contributed by atoms with Crippen LogP contribution in [-0.2, 0) is 13.6 Å². The number of carbonyl (C=O) groups is 1. The van der Waals surface area contributed by atoms with Gasteiger partial charge in [0, 0.05) is 19.3 Å². The summed E-state index contributed by atoms with van der Waals surface area (Å²) in [6.45, 7) is 3.27. The summed E-state index contributed by atoms with van der Waals surface area (Å²) in [7, 11) is 1.92. The molecule has 1 aliphatic carbocycles. The molecule has 0 N–H and O–H groups in total. The topological polar surface area (TPSA) is 51.3 Å². The number of furan rings is 1. The van der Waals surface area contributed by atoms with E-state index in [-0.39, 0.29) is 5.91 Å². The van der Waals surface area contributed by atoms with Gasteiger partial charge in [0.1, 0.15) is 0 Å². The second-order valence-electron chi connectivity index (χ2n) is 6.21. The summed E-state index contributed by atoms with van der Waals surface area (Å²) in [5.74, 6) is 0.834. The van der Waals surface area contributed by atoms with Gasteiger partial charge in [0.25, 0.3) is 5.91 Å². The van der Waals surface area contributed by atoms with E-state index >= 15 is 0 Å². The summed E-state index contributed by atoms with van der Waals surface area (Å²) in [6.07, 6.45) is 9.23. The molecule has 3 rings (SSSR count). The fourth-order valence-electron chi connectivity index (χ4n) is 3.02. The van der Waals surface area contributed by atoms with E-state index < -0.39 is 0 Å². The minimum Gasteiger partial charge on any atom is -0.459 e. The summed E-state index contributed by atoms with van der Waals surface area (Å²) < 4.78 is 7.14. The highest BCUT2D eigenvalue weighted by Gasteiger charge is 2.23. The van der Waals surface area contributed by atoms with Crippen molar-refractivity contribution in [3.63, 3.8) is 0 Å². The van der Waals surface area contributed by atoms with Crippen molar-refractivity contribution in [2.45, 2.75) is 32.7 Å². The first-order chi connectivity index (χ1) is 11.1. The first-order valence-electron chi connectivity index (χ1n) is 8.11. The summed E-state index contributed by atoms with van der Waals surface area (Å²) >= 11 is 0. The van der Waals surface area contributed by atoms with Gasteiger partial charge in [-0.15, -0.1) is 0 Å². The van der Waals surface area contributed by atoms with E-state index in [0.29, 0.717) is 18.2 Å². The third-order valence-corrected chi connectivity index (χ3v) is 4.39. The second kappa shape index (κ2) is 6.86. The number of hydrogen-bond donors (Lipinski definition) is 0. The van der Waals surface area contributed by atoms with Crippen LogP contribution in [0.15, 0.2) is 41.0 Å². The van der Waals surface area contributed by atoms with Crippen LogP contribution in [0, 0.1) is 12.8 Å². The SMILES string of the molecule is Cc1cc(CN(C[C@H]2CC=CCC2)C(=O)c2ccco2)nn1C. The number of carbonyl (C=O) groups excluding carboxylic acids is 1. The molecule has 0 fully saturated rings. The van der Waals surface area contributed by atoms with Crippen LogP contribution in [0.5, 0.6) is 0 Å². The number of aryl methyl sites for hydroxylation is 2. The van der Waals surface area contributed by atoms with Gasteiger partial charge in [-0.3, -0.25) is 9.48 Å². The molecule has 122 valence electrons. The molecule has 0 bridgehead atoms. The van der Waals surface area contributed by atoms with Gasteiger partial charge in [-0.1, -0.05) is 12.2 Å². The van der Waals surface area contributed by atoms with E-state index in [2.05, 4.69) is 17.3 Å². The lowest BCUT2D eigenvalue weighted by Gasteiger charge is -2.27. The molecule has 0 saturated heterocycles. The number of hydrogen-bond acceptors (Lipinski definition) is 3. The molecule has 2 heterocycles. The highest BCUT2D eigenvalue weighted by atomic mass is 16.3. The van der Waals surface area contributed by atoms with E-state index in [1.54, 1.807) is 18.4 Å². The number of aromatic nitrogens is 2. The van der Waals surface area contributed by atoms with Crippen molar-refractivity contribution in [1.82, 2.24) is 14.7 Å². The first-order valence-corrected chi connectivity index (χ1v) is 8.11. The molecular weight excluding hydrogens is 290 g/mol. The normalized spacial score (nSPS) is 17.4. The molecule has 0 saturated carbocycles. The molecule has 1 atom stereocenters. The number of nitrogens with zero attached hydrogens (tertiary/aromatic N) is 3. The predicted octanol–water partition coefficient (Wildman–Crippen LogP) is 3.32. The van der Waals surface area contributed by atoms with Crippen LogP contribution in [0.25, 0.3) is 0 Å². The molecule has 2 aromatic rings. The molecule has 0 aliphatic heterocycles. The van der Waals surface area contributed by atoms with Crippen LogP contribution in [-0.4, -0.2) is 27.1 Å². The van der Waals surface area contributed by atoms with Gasteiger partial charge >= 0.3 is 0 Å². The molecule has 0 aromatic carbocycles. The van der Waals surface area contributed by atoms with Crippen molar-refractivity contribution < 1.29 is 9.21 Å². The van der Waals surface area contributed by atoms with Crippen molar-refractivity contribution in [2.24, 2.45) is 13.0 Å². The van der Waals surface area contributed by atoms with Crippen LogP contribution < -0.4 is 0 Å². The van der Waals surface area contributed by atoms with Crippen LogP contribution in [0.2, 0.25) is 0 Å². The Hall–Kier alpha value is -2.30. The molecule has 2 aromatic heterocycles. The van der Waals surface area contributed by atoms with Gasteiger partial charge in [0.15, 0.2) is 5.76 Å². The van der Waals surface area contributed by atoms with Gasteiger partial charge in [-0.25, -0.2) is 0 Å². The lowest BCUT2D eigenvalue weighted by molar-refractivity contribution is 0.0675. The summed E-state index contributed by atoms with van der Waals surface area (Å²) in [4.78, 5) is 14.6. The molecule has 23 heavy (non-hydrogen) atoms. The van der Waals surface area contributed by atoms with Gasteiger partial charge in [-0.2, -0.15) is 5.10 Å². The molecular formula is C18H23N3O2. The van der Waals surface area contributed by atoms with Crippen molar-refractivity contribution in [3.05, 3.63) is 53.8 Å². The lowest BCUT2D eigenvalue weighted by atomic mass is 9.94. The Kier molecular flexibility index (Phi) is 4.65. The number of allylic oxidation sites excluding steroid dienone is 2. The predicted molar refractivity (Wildman–Crippen MR) is 87.9 cm³/mol. The fourth-order valence-corrected chi connectivity index (χ4v) is 3.02. The molecule has 1 amide bonds. The monoisotopic (exact) mass is 313 g/mol. The molecule has 5 nitrogen and oxygen atoms in total. The quantitative estimate of drug-likeness (QED) is 0.796. The van der Waals surface area contributed by atoms with Gasteiger partial charge in [0.2, 0.25) is 0 Å². The lowest BCUT2D eigenvalue weighted by Crippen LogP contribution is -2.35. The molecule has 1 aliphatic rings. The standard InChI is InChI=1S/C18H23N3O2/c1-14-11-16(19-20(14)2)13-21(12-15-7-4-3-5-8-15)18(22)17-9-6-10-23-17/h3-4,6,9-11,15H,5,7-8,12-13H2,1-2H3/t15-/m0/s1. The van der Waals surface area contributed by atoms with Crippen LogP contribution in [0.3, 0.4) is 0 Å². The Morgan fingerprint density at radius 2 is 2.35 bits per heavy atom. The third-order valence-electron chi connectivity index (χ3n) is 4.39. The third kappa shape index (κ3) is 3.73. The van der Waals surface area contributed by atoms with E-state index in [1.807, 2.05) is 29.6 Å². The average Bonchev–Trinajstić information content (AvgIpc) is 3.18. The van der Waals surface area contributed by atoms with Gasteiger partial charge < -0.3 is 9.32 Å². The summed E-state index contributed by atoms with van der Waals surface area (Å²) in [6, 6.07) is 5.50. The number of rotatable bonds is 5. The zero-order valence-electron chi connectivity index (χ0n) is 13.7.